The van der Waals surface area contributed by atoms with Crippen LogP contribution in [0.1, 0.15) is 0 Å². The van der Waals surface area contributed by atoms with Crippen molar-refractivity contribution in [3.05, 3.63) is 0 Å². The third-order valence-electron chi connectivity index (χ3n) is 0.129. The Labute approximate surface area is 39.1 Å². The van der Waals surface area contributed by atoms with Gasteiger partial charge in [0.05, 0.1) is 0 Å². The summed E-state index contributed by atoms with van der Waals surface area (Å²) < 4.78 is 1.00. The van der Waals surface area contributed by atoms with Crippen molar-refractivity contribution >= 4 is 22.5 Å². The van der Waals surface area contributed by atoms with E-state index >= 15 is 0 Å². The summed E-state index contributed by atoms with van der Waals surface area (Å²) in [5.74, 6) is 0. The molecule has 0 aromatic heterocycles. The van der Waals surface area contributed by atoms with E-state index < -0.39 is 0 Å². The molecule has 0 aromatic carbocycles. The Morgan fingerprint density at radius 3 is 2.00 bits per heavy atom. The summed E-state index contributed by atoms with van der Waals surface area (Å²) in [5, 5.41) is 7.91. The van der Waals surface area contributed by atoms with E-state index in [4.69, 9.17) is 5.11 Å². The fourth-order valence-corrected chi connectivity index (χ4v) is 0. The second-order valence-electron chi connectivity index (χ2n) is 0.512. The van der Waals surface area contributed by atoms with Crippen molar-refractivity contribution in [2.75, 3.05) is 6.61 Å². The maximum atomic E-state index is 7.91. The first-order valence-corrected chi connectivity index (χ1v) is 3.55. The molecule has 0 unspecified atom stereocenters. The average Bonchev–Trinajstić information content (AvgIpc) is 1.37. The van der Waals surface area contributed by atoms with Crippen molar-refractivity contribution in [1.29, 1.82) is 0 Å². The zero-order chi connectivity index (χ0) is 3.41. The van der Waals surface area contributed by atoms with Gasteiger partial charge in [0.15, 0.2) is 0 Å². The summed E-state index contributed by atoms with van der Waals surface area (Å²) in [4.78, 5) is 0. The zero-order valence-electron chi connectivity index (χ0n) is 2.44. The van der Waals surface area contributed by atoms with E-state index in [9.17, 15) is 0 Å². The van der Waals surface area contributed by atoms with Gasteiger partial charge in [-0.3, -0.25) is 0 Å². The van der Waals surface area contributed by atoms with Crippen molar-refractivity contribution in [1.82, 2.24) is 0 Å². The minimum absolute atomic E-state index is 0.377. The molecular weight excluding hydrogens is 159 g/mol. The molecule has 2 radical (unpaired) electrons. The molecule has 0 amide bonds. The van der Waals surface area contributed by atoms with Crippen LogP contribution >= 0.6 is 0 Å². The van der Waals surface area contributed by atoms with Crippen molar-refractivity contribution in [2.24, 2.45) is 0 Å². The Kier molecular flexibility index (Phi) is 4.47. The van der Waals surface area contributed by atoms with Crippen LogP contribution in [0.15, 0.2) is 0 Å². The molecule has 0 heterocycles. The molecular formula is C2H6OSn. The number of hydrogen-bond donors (Lipinski definition) is 1. The van der Waals surface area contributed by atoms with Crippen LogP contribution in [-0.4, -0.2) is 34.2 Å². The van der Waals surface area contributed by atoms with Crippen LogP contribution in [0.2, 0.25) is 4.44 Å². The van der Waals surface area contributed by atoms with E-state index in [0.29, 0.717) is 6.61 Å². The predicted octanol–water partition coefficient (Wildman–Crippen LogP) is -0.702. The van der Waals surface area contributed by atoms with Gasteiger partial charge in [-0.25, -0.2) is 0 Å². The first-order valence-electron chi connectivity index (χ1n) is 1.22. The Balaban J connectivity index is 1.97. The Morgan fingerprint density at radius 1 is 1.75 bits per heavy atom. The monoisotopic (exact) mass is 166 g/mol. The molecule has 0 aliphatic carbocycles. The van der Waals surface area contributed by atoms with Crippen molar-refractivity contribution in [3.8, 4) is 0 Å². The third-order valence-corrected chi connectivity index (χ3v) is 0.866. The van der Waals surface area contributed by atoms with Crippen LogP contribution in [-0.2, 0) is 0 Å². The van der Waals surface area contributed by atoms with E-state index in [1.807, 2.05) is 0 Å². The van der Waals surface area contributed by atoms with Gasteiger partial charge in [0, 0.05) is 0 Å². The number of hydrogen-bond acceptors (Lipinski definition) is 1. The molecule has 0 spiro atoms. The number of aliphatic hydroxyl groups excluding tert-OH is 1. The molecule has 0 saturated heterocycles. The topological polar surface area (TPSA) is 20.2 Å². The molecule has 0 aromatic rings. The van der Waals surface area contributed by atoms with E-state index in [0.717, 1.165) is 4.44 Å². The van der Waals surface area contributed by atoms with Crippen LogP contribution in [0.5, 0.6) is 0 Å². The second-order valence-corrected chi connectivity index (χ2v) is 2.16. The molecule has 0 aliphatic rings. The summed E-state index contributed by atoms with van der Waals surface area (Å²) in [6, 6.07) is 0. The normalized spacial score (nSPS) is 7.50. The first kappa shape index (κ1) is 4.76. The molecule has 2 heteroatoms. The molecule has 0 rings (SSSR count). The van der Waals surface area contributed by atoms with Crippen LogP contribution in [0.25, 0.3) is 0 Å². The summed E-state index contributed by atoms with van der Waals surface area (Å²) in [6.45, 7) is 0.377. The van der Waals surface area contributed by atoms with Gasteiger partial charge < -0.3 is 0 Å². The summed E-state index contributed by atoms with van der Waals surface area (Å²) in [5.41, 5.74) is 0. The Bertz CT molecular complexity index is 8.00. The molecule has 0 aliphatic heterocycles. The Hall–Kier alpha value is 0.759. The summed E-state index contributed by atoms with van der Waals surface area (Å²) in [7, 11) is 0. The molecule has 0 fully saturated rings. The SMILES string of the molecule is OC[CH2][SnH]. The van der Waals surface area contributed by atoms with Gasteiger partial charge in [-0.1, -0.05) is 0 Å². The van der Waals surface area contributed by atoms with Crippen LogP contribution in [0.3, 0.4) is 0 Å². The van der Waals surface area contributed by atoms with E-state index in [2.05, 4.69) is 0 Å². The molecule has 0 bridgehead atoms. The Morgan fingerprint density at radius 2 is 2.00 bits per heavy atom. The summed E-state index contributed by atoms with van der Waals surface area (Å²) >= 11 is 1.19. The van der Waals surface area contributed by atoms with Gasteiger partial charge >= 0.3 is 38.7 Å². The van der Waals surface area contributed by atoms with Gasteiger partial charge in [-0.2, -0.15) is 0 Å². The molecule has 24 valence electrons. The van der Waals surface area contributed by atoms with Crippen LogP contribution < -0.4 is 0 Å². The van der Waals surface area contributed by atoms with Gasteiger partial charge in [0.25, 0.3) is 0 Å². The van der Waals surface area contributed by atoms with Crippen LogP contribution in [0, 0.1) is 0 Å². The second kappa shape index (κ2) is 3.76. The standard InChI is InChI=1S/C2H5O.Sn.H/c1-2-3;;/h3H,1-2H2;;. The summed E-state index contributed by atoms with van der Waals surface area (Å²) in [6.07, 6.45) is 0. The number of rotatable bonds is 1. The number of aliphatic hydroxyl groups is 1. The van der Waals surface area contributed by atoms with Gasteiger partial charge in [-0.05, 0) is 0 Å². The van der Waals surface area contributed by atoms with E-state index in [1.165, 1.54) is 22.5 Å². The molecule has 1 N–H and O–H groups in total. The third kappa shape index (κ3) is 2.76. The van der Waals surface area contributed by atoms with E-state index in [-0.39, 0.29) is 0 Å². The van der Waals surface area contributed by atoms with Gasteiger partial charge in [0.2, 0.25) is 0 Å². The first-order chi connectivity index (χ1) is 1.91. The van der Waals surface area contributed by atoms with Crippen molar-refractivity contribution in [3.63, 3.8) is 0 Å². The average molecular weight is 165 g/mol. The zero-order valence-corrected chi connectivity index (χ0v) is 5.73. The van der Waals surface area contributed by atoms with Crippen molar-refractivity contribution < 1.29 is 5.11 Å². The maximum absolute atomic E-state index is 7.91. The predicted molar refractivity (Wildman–Crippen MR) is 19.0 cm³/mol. The quantitative estimate of drug-likeness (QED) is 0.509. The molecule has 0 atom stereocenters. The fourth-order valence-electron chi connectivity index (χ4n) is 0. The van der Waals surface area contributed by atoms with Gasteiger partial charge in [0.1, 0.15) is 0 Å². The minimum atomic E-state index is 0.377. The molecule has 1 nitrogen and oxygen atoms in total. The van der Waals surface area contributed by atoms with Crippen molar-refractivity contribution in [2.45, 2.75) is 4.44 Å². The fraction of sp³-hybridized carbons (Fsp3) is 1.00. The van der Waals surface area contributed by atoms with Crippen LogP contribution in [0.4, 0.5) is 0 Å². The van der Waals surface area contributed by atoms with Gasteiger partial charge in [-0.15, -0.1) is 0 Å². The molecule has 4 heavy (non-hydrogen) atoms. The molecule has 0 saturated carbocycles. The van der Waals surface area contributed by atoms with E-state index in [1.54, 1.807) is 0 Å².